The first-order chi connectivity index (χ1) is 8.66. The van der Waals surface area contributed by atoms with Crippen molar-refractivity contribution in [3.8, 4) is 0 Å². The Balaban J connectivity index is 1.87. The Kier molecular flexibility index (Phi) is 4.28. The van der Waals surface area contributed by atoms with Crippen LogP contribution in [0.5, 0.6) is 0 Å². The predicted octanol–water partition coefficient (Wildman–Crippen LogP) is 1.31. The highest BCUT2D eigenvalue weighted by Crippen LogP contribution is 2.48. The highest BCUT2D eigenvalue weighted by Gasteiger charge is 2.48. The molecular weight excluding hydrogens is 228 g/mol. The van der Waals surface area contributed by atoms with Gasteiger partial charge in [0, 0.05) is 24.5 Å². The van der Waals surface area contributed by atoms with Crippen LogP contribution in [0, 0.1) is 10.8 Å². The van der Waals surface area contributed by atoms with Gasteiger partial charge in [-0.1, -0.05) is 6.92 Å². The number of ether oxygens (including phenoxy) is 1. The molecule has 4 nitrogen and oxygen atoms in total. The van der Waals surface area contributed by atoms with Crippen LogP contribution < -0.4 is 10.6 Å². The number of hydrogen-bond acceptors (Lipinski definition) is 3. The molecule has 0 atom stereocenters. The van der Waals surface area contributed by atoms with Gasteiger partial charge in [-0.2, -0.15) is 0 Å². The lowest BCUT2D eigenvalue weighted by Gasteiger charge is -2.37. The van der Waals surface area contributed by atoms with Gasteiger partial charge < -0.3 is 15.4 Å². The van der Waals surface area contributed by atoms with Crippen molar-refractivity contribution in [1.29, 1.82) is 0 Å². The molecule has 2 rings (SSSR count). The molecule has 0 aromatic carbocycles. The van der Waals surface area contributed by atoms with Crippen LogP contribution in [0.1, 0.15) is 39.0 Å². The third-order valence-corrected chi connectivity index (χ3v) is 4.75. The second-order valence-electron chi connectivity index (χ2n) is 6.00. The van der Waals surface area contributed by atoms with Gasteiger partial charge in [-0.3, -0.25) is 4.79 Å². The van der Waals surface area contributed by atoms with Gasteiger partial charge in [0.15, 0.2) is 0 Å². The molecule has 2 aliphatic rings. The van der Waals surface area contributed by atoms with Crippen molar-refractivity contribution in [2.24, 2.45) is 10.8 Å². The molecule has 1 saturated heterocycles. The molecule has 18 heavy (non-hydrogen) atoms. The van der Waals surface area contributed by atoms with E-state index in [1.54, 1.807) is 7.11 Å². The molecule has 0 bridgehead atoms. The van der Waals surface area contributed by atoms with Crippen LogP contribution in [-0.2, 0) is 9.53 Å². The van der Waals surface area contributed by atoms with Crippen LogP contribution in [-0.4, -0.2) is 39.3 Å². The van der Waals surface area contributed by atoms with Crippen molar-refractivity contribution in [2.75, 3.05) is 33.4 Å². The third-order valence-electron chi connectivity index (χ3n) is 4.75. The minimum Gasteiger partial charge on any atom is -0.384 e. The van der Waals surface area contributed by atoms with Gasteiger partial charge in [0.2, 0.25) is 5.91 Å². The summed E-state index contributed by atoms with van der Waals surface area (Å²) in [6.45, 7) is 5.68. The first-order valence-electron chi connectivity index (χ1n) is 7.14. The quantitative estimate of drug-likeness (QED) is 0.751. The summed E-state index contributed by atoms with van der Waals surface area (Å²) in [4.78, 5) is 12.2. The number of rotatable bonds is 6. The van der Waals surface area contributed by atoms with E-state index in [0.717, 1.165) is 58.3 Å². The van der Waals surface area contributed by atoms with Gasteiger partial charge >= 0.3 is 0 Å². The number of methoxy groups -OCH3 is 1. The lowest BCUT2D eigenvalue weighted by molar-refractivity contribution is -0.127. The van der Waals surface area contributed by atoms with Gasteiger partial charge in [0.05, 0.1) is 6.61 Å². The second-order valence-corrected chi connectivity index (χ2v) is 6.00. The summed E-state index contributed by atoms with van der Waals surface area (Å²) in [5, 5.41) is 6.56. The molecule has 1 heterocycles. The SMILES string of the molecule is CCC1(C(=O)NCC2(COC)CCNCC2)CC1. The number of carbonyl (C=O) groups excluding carboxylic acids is 1. The minimum absolute atomic E-state index is 0.0266. The first-order valence-corrected chi connectivity index (χ1v) is 7.14. The number of hydrogen-bond donors (Lipinski definition) is 2. The molecule has 1 saturated carbocycles. The van der Waals surface area contributed by atoms with E-state index in [0.29, 0.717) is 0 Å². The average molecular weight is 254 g/mol. The molecule has 4 heteroatoms. The van der Waals surface area contributed by atoms with Crippen molar-refractivity contribution in [2.45, 2.75) is 39.0 Å². The summed E-state index contributed by atoms with van der Waals surface area (Å²) in [5.74, 6) is 0.263. The standard InChI is InChI=1S/C14H26N2O2/c1-3-14(4-5-14)12(17)16-10-13(11-18-2)6-8-15-9-7-13/h15H,3-11H2,1-2H3,(H,16,17). The summed E-state index contributed by atoms with van der Waals surface area (Å²) >= 11 is 0. The maximum absolute atomic E-state index is 12.2. The molecule has 2 fully saturated rings. The highest BCUT2D eigenvalue weighted by atomic mass is 16.5. The Morgan fingerprint density at radius 3 is 2.44 bits per heavy atom. The van der Waals surface area contributed by atoms with Crippen molar-refractivity contribution >= 4 is 5.91 Å². The molecule has 2 N–H and O–H groups in total. The van der Waals surface area contributed by atoms with Crippen molar-refractivity contribution in [3.05, 3.63) is 0 Å². The smallest absolute Gasteiger partial charge is 0.226 e. The second kappa shape index (κ2) is 5.57. The Bertz CT molecular complexity index is 289. The molecule has 104 valence electrons. The molecule has 0 aromatic rings. The monoisotopic (exact) mass is 254 g/mol. The fourth-order valence-corrected chi connectivity index (χ4v) is 2.98. The van der Waals surface area contributed by atoms with E-state index in [1.165, 1.54) is 0 Å². The fourth-order valence-electron chi connectivity index (χ4n) is 2.98. The summed E-state index contributed by atoms with van der Waals surface area (Å²) in [7, 11) is 1.75. The van der Waals surface area contributed by atoms with Crippen LogP contribution in [0.3, 0.4) is 0 Å². The fraction of sp³-hybridized carbons (Fsp3) is 0.929. The summed E-state index contributed by atoms with van der Waals surface area (Å²) in [6.07, 6.45) is 5.26. The van der Waals surface area contributed by atoms with E-state index in [2.05, 4.69) is 17.6 Å². The normalized spacial score (nSPS) is 24.6. The zero-order chi connectivity index (χ0) is 13.1. The average Bonchev–Trinajstić information content (AvgIpc) is 3.19. The van der Waals surface area contributed by atoms with E-state index in [-0.39, 0.29) is 16.7 Å². The lowest BCUT2D eigenvalue weighted by atomic mass is 9.79. The topological polar surface area (TPSA) is 50.4 Å². The number of carbonyl (C=O) groups is 1. The molecule has 1 aliphatic heterocycles. The molecule has 1 amide bonds. The number of amides is 1. The molecule has 1 aliphatic carbocycles. The van der Waals surface area contributed by atoms with Gasteiger partial charge in [0.1, 0.15) is 0 Å². The Labute approximate surface area is 110 Å². The number of nitrogens with one attached hydrogen (secondary N) is 2. The number of piperidine rings is 1. The molecule has 0 spiro atoms. The van der Waals surface area contributed by atoms with Gasteiger partial charge in [0.25, 0.3) is 0 Å². The minimum atomic E-state index is -0.0266. The summed E-state index contributed by atoms with van der Waals surface area (Å²) < 4.78 is 5.37. The van der Waals surface area contributed by atoms with E-state index in [4.69, 9.17) is 4.74 Å². The van der Waals surface area contributed by atoms with Crippen molar-refractivity contribution < 1.29 is 9.53 Å². The van der Waals surface area contributed by atoms with E-state index in [9.17, 15) is 4.79 Å². The Morgan fingerprint density at radius 2 is 1.94 bits per heavy atom. The van der Waals surface area contributed by atoms with Crippen molar-refractivity contribution in [3.63, 3.8) is 0 Å². The van der Waals surface area contributed by atoms with E-state index < -0.39 is 0 Å². The Morgan fingerprint density at radius 1 is 1.28 bits per heavy atom. The first kappa shape index (κ1) is 13.8. The van der Waals surface area contributed by atoms with Crippen LogP contribution in [0.2, 0.25) is 0 Å². The summed E-state index contributed by atoms with van der Waals surface area (Å²) in [5.41, 5.74) is 0.112. The van der Waals surface area contributed by atoms with E-state index >= 15 is 0 Å². The molecule has 0 aromatic heterocycles. The van der Waals surface area contributed by atoms with E-state index in [1.807, 2.05) is 0 Å². The third kappa shape index (κ3) is 2.86. The Hall–Kier alpha value is -0.610. The van der Waals surface area contributed by atoms with Gasteiger partial charge in [-0.25, -0.2) is 0 Å². The van der Waals surface area contributed by atoms with Crippen LogP contribution >= 0.6 is 0 Å². The lowest BCUT2D eigenvalue weighted by Crippen LogP contribution is -2.48. The predicted molar refractivity (Wildman–Crippen MR) is 71.4 cm³/mol. The zero-order valence-corrected chi connectivity index (χ0v) is 11.7. The highest BCUT2D eigenvalue weighted by molar-refractivity contribution is 5.85. The molecule has 0 radical (unpaired) electrons. The summed E-state index contributed by atoms with van der Waals surface area (Å²) in [6, 6.07) is 0. The van der Waals surface area contributed by atoms with Gasteiger partial charge in [-0.05, 0) is 45.2 Å². The van der Waals surface area contributed by atoms with Gasteiger partial charge in [-0.15, -0.1) is 0 Å². The van der Waals surface area contributed by atoms with Crippen LogP contribution in [0.15, 0.2) is 0 Å². The zero-order valence-electron chi connectivity index (χ0n) is 11.7. The maximum Gasteiger partial charge on any atom is 0.226 e. The largest absolute Gasteiger partial charge is 0.384 e. The van der Waals surface area contributed by atoms with Crippen molar-refractivity contribution in [1.82, 2.24) is 10.6 Å². The van der Waals surface area contributed by atoms with Crippen LogP contribution in [0.4, 0.5) is 0 Å². The molecular formula is C14H26N2O2. The van der Waals surface area contributed by atoms with Crippen LogP contribution in [0.25, 0.3) is 0 Å². The molecule has 0 unspecified atom stereocenters. The maximum atomic E-state index is 12.2.